The average molecular weight is 238 g/mol. The summed E-state index contributed by atoms with van der Waals surface area (Å²) in [5.74, 6) is -0.229. The summed E-state index contributed by atoms with van der Waals surface area (Å²) in [5, 5.41) is 0. The number of halogens is 1. The standard InChI is InChI=1S/C13H19FN2O/c1-10-13(9-15,6-7-17-10)16(2)12-5-3-4-11(14)8-12/h3-5,8,10H,6-7,9,15H2,1-2H3. The third-order valence-corrected chi connectivity index (χ3v) is 3.88. The molecule has 0 bridgehead atoms. The van der Waals surface area contributed by atoms with E-state index in [4.69, 9.17) is 10.5 Å². The summed E-state index contributed by atoms with van der Waals surface area (Å²) in [6.07, 6.45) is 0.929. The molecule has 3 nitrogen and oxygen atoms in total. The summed E-state index contributed by atoms with van der Waals surface area (Å²) in [5.41, 5.74) is 6.53. The van der Waals surface area contributed by atoms with E-state index in [9.17, 15) is 4.39 Å². The van der Waals surface area contributed by atoms with Crippen LogP contribution in [-0.4, -0.2) is 31.8 Å². The van der Waals surface area contributed by atoms with Crippen molar-refractivity contribution in [3.05, 3.63) is 30.1 Å². The average Bonchev–Trinajstić information content (AvgIpc) is 2.70. The number of ether oxygens (including phenoxy) is 1. The number of benzene rings is 1. The molecule has 2 N–H and O–H groups in total. The minimum Gasteiger partial charge on any atom is -0.376 e. The summed E-state index contributed by atoms with van der Waals surface area (Å²) < 4.78 is 18.9. The molecule has 0 amide bonds. The van der Waals surface area contributed by atoms with Gasteiger partial charge in [0.25, 0.3) is 0 Å². The molecule has 2 rings (SSSR count). The highest BCUT2D eigenvalue weighted by molar-refractivity contribution is 5.49. The second kappa shape index (κ2) is 4.63. The van der Waals surface area contributed by atoms with Crippen molar-refractivity contribution in [2.24, 2.45) is 5.73 Å². The quantitative estimate of drug-likeness (QED) is 0.872. The van der Waals surface area contributed by atoms with Gasteiger partial charge in [-0.15, -0.1) is 0 Å². The zero-order chi connectivity index (χ0) is 12.5. The lowest BCUT2D eigenvalue weighted by atomic mass is 9.89. The van der Waals surface area contributed by atoms with Crippen LogP contribution < -0.4 is 10.6 Å². The first-order chi connectivity index (χ1) is 8.10. The zero-order valence-electron chi connectivity index (χ0n) is 10.3. The summed E-state index contributed by atoms with van der Waals surface area (Å²) in [7, 11) is 1.95. The van der Waals surface area contributed by atoms with Gasteiger partial charge in [-0.2, -0.15) is 0 Å². The molecule has 0 saturated carbocycles. The number of hydrogen-bond acceptors (Lipinski definition) is 3. The monoisotopic (exact) mass is 238 g/mol. The van der Waals surface area contributed by atoms with Gasteiger partial charge in [0.2, 0.25) is 0 Å². The molecule has 1 heterocycles. The molecule has 0 spiro atoms. The molecule has 1 fully saturated rings. The van der Waals surface area contributed by atoms with Gasteiger partial charge >= 0.3 is 0 Å². The summed E-state index contributed by atoms with van der Waals surface area (Å²) >= 11 is 0. The first-order valence-electron chi connectivity index (χ1n) is 5.91. The van der Waals surface area contributed by atoms with Crippen LogP contribution in [-0.2, 0) is 4.74 Å². The van der Waals surface area contributed by atoms with Gasteiger partial charge in [-0.05, 0) is 31.5 Å². The SMILES string of the molecule is CC1OCCC1(CN)N(C)c1cccc(F)c1. The highest BCUT2D eigenvalue weighted by Crippen LogP contribution is 2.34. The molecular formula is C13H19FN2O. The van der Waals surface area contributed by atoms with Crippen LogP contribution in [0.1, 0.15) is 13.3 Å². The molecular weight excluding hydrogens is 219 g/mol. The lowest BCUT2D eigenvalue weighted by Gasteiger charge is -2.41. The van der Waals surface area contributed by atoms with Gasteiger partial charge in [0, 0.05) is 25.9 Å². The predicted octanol–water partition coefficient (Wildman–Crippen LogP) is 1.77. The Labute approximate surface area is 101 Å². The van der Waals surface area contributed by atoms with Crippen LogP contribution in [0.3, 0.4) is 0 Å². The third-order valence-electron chi connectivity index (χ3n) is 3.88. The molecule has 0 radical (unpaired) electrons. The number of likely N-dealkylation sites (N-methyl/N-ethyl adjacent to an activating group) is 1. The molecule has 94 valence electrons. The zero-order valence-corrected chi connectivity index (χ0v) is 10.3. The Kier molecular flexibility index (Phi) is 3.35. The smallest absolute Gasteiger partial charge is 0.125 e. The second-order valence-corrected chi connectivity index (χ2v) is 4.61. The summed E-state index contributed by atoms with van der Waals surface area (Å²) in [6.45, 7) is 3.23. The molecule has 4 heteroatoms. The van der Waals surface area contributed by atoms with E-state index in [1.807, 2.05) is 24.9 Å². The van der Waals surface area contributed by atoms with Crippen molar-refractivity contribution < 1.29 is 9.13 Å². The van der Waals surface area contributed by atoms with E-state index in [1.165, 1.54) is 12.1 Å². The fourth-order valence-corrected chi connectivity index (χ4v) is 2.56. The molecule has 2 unspecified atom stereocenters. The molecule has 1 saturated heterocycles. The normalized spacial score (nSPS) is 28.4. The lowest BCUT2D eigenvalue weighted by Crippen LogP contribution is -2.57. The maximum absolute atomic E-state index is 13.3. The van der Waals surface area contributed by atoms with E-state index in [1.54, 1.807) is 6.07 Å². The maximum Gasteiger partial charge on any atom is 0.125 e. The topological polar surface area (TPSA) is 38.5 Å². The molecule has 0 aromatic heterocycles. The van der Waals surface area contributed by atoms with Crippen LogP contribution in [0.25, 0.3) is 0 Å². The van der Waals surface area contributed by atoms with Crippen molar-refractivity contribution in [1.82, 2.24) is 0 Å². The maximum atomic E-state index is 13.3. The Balaban J connectivity index is 2.32. The lowest BCUT2D eigenvalue weighted by molar-refractivity contribution is 0.0961. The van der Waals surface area contributed by atoms with Crippen LogP contribution in [0.5, 0.6) is 0 Å². The van der Waals surface area contributed by atoms with E-state index < -0.39 is 0 Å². The Morgan fingerprint density at radius 3 is 2.88 bits per heavy atom. The summed E-state index contributed by atoms with van der Waals surface area (Å²) in [4.78, 5) is 2.05. The van der Waals surface area contributed by atoms with Gasteiger partial charge in [-0.1, -0.05) is 6.07 Å². The van der Waals surface area contributed by atoms with Crippen LogP contribution in [0.2, 0.25) is 0 Å². The number of nitrogens with zero attached hydrogens (tertiary/aromatic N) is 1. The minimum atomic E-state index is -0.229. The van der Waals surface area contributed by atoms with Crippen molar-refractivity contribution in [2.75, 3.05) is 25.1 Å². The molecule has 1 aliphatic rings. The fraction of sp³-hybridized carbons (Fsp3) is 0.538. The van der Waals surface area contributed by atoms with Crippen LogP contribution in [0.15, 0.2) is 24.3 Å². The van der Waals surface area contributed by atoms with Crippen molar-refractivity contribution in [1.29, 1.82) is 0 Å². The molecule has 1 aliphatic heterocycles. The number of nitrogens with two attached hydrogens (primary N) is 1. The molecule has 1 aromatic carbocycles. The van der Waals surface area contributed by atoms with Crippen molar-refractivity contribution >= 4 is 5.69 Å². The number of anilines is 1. The molecule has 1 aromatic rings. The van der Waals surface area contributed by atoms with Crippen molar-refractivity contribution in [3.63, 3.8) is 0 Å². The molecule has 2 atom stereocenters. The van der Waals surface area contributed by atoms with Crippen LogP contribution >= 0.6 is 0 Å². The van der Waals surface area contributed by atoms with E-state index >= 15 is 0 Å². The van der Waals surface area contributed by atoms with Gasteiger partial charge in [0.1, 0.15) is 5.82 Å². The van der Waals surface area contributed by atoms with Crippen LogP contribution in [0, 0.1) is 5.82 Å². The molecule has 17 heavy (non-hydrogen) atoms. The van der Waals surface area contributed by atoms with Gasteiger partial charge in [-0.3, -0.25) is 0 Å². The van der Waals surface area contributed by atoms with E-state index in [-0.39, 0.29) is 17.5 Å². The van der Waals surface area contributed by atoms with Gasteiger partial charge in [-0.25, -0.2) is 4.39 Å². The first kappa shape index (κ1) is 12.3. The Bertz CT molecular complexity index is 399. The largest absolute Gasteiger partial charge is 0.376 e. The molecule has 0 aliphatic carbocycles. The second-order valence-electron chi connectivity index (χ2n) is 4.61. The van der Waals surface area contributed by atoms with Gasteiger partial charge in [0.05, 0.1) is 11.6 Å². The number of hydrogen-bond donors (Lipinski definition) is 1. The van der Waals surface area contributed by atoms with E-state index in [0.29, 0.717) is 13.2 Å². The minimum absolute atomic E-state index is 0.0563. The Hall–Kier alpha value is -1.13. The van der Waals surface area contributed by atoms with Gasteiger partial charge < -0.3 is 15.4 Å². The summed E-state index contributed by atoms with van der Waals surface area (Å²) in [6, 6.07) is 6.58. The highest BCUT2D eigenvalue weighted by Gasteiger charge is 2.44. The van der Waals surface area contributed by atoms with E-state index in [2.05, 4.69) is 0 Å². The Morgan fingerprint density at radius 1 is 1.59 bits per heavy atom. The third kappa shape index (κ3) is 2.03. The number of rotatable bonds is 3. The van der Waals surface area contributed by atoms with Crippen LogP contribution in [0.4, 0.5) is 10.1 Å². The fourth-order valence-electron chi connectivity index (χ4n) is 2.56. The van der Waals surface area contributed by atoms with E-state index in [0.717, 1.165) is 12.1 Å². The predicted molar refractivity (Wildman–Crippen MR) is 66.6 cm³/mol. The van der Waals surface area contributed by atoms with Crippen molar-refractivity contribution in [3.8, 4) is 0 Å². The Morgan fingerprint density at radius 2 is 2.35 bits per heavy atom. The first-order valence-corrected chi connectivity index (χ1v) is 5.91. The van der Waals surface area contributed by atoms with Gasteiger partial charge in [0.15, 0.2) is 0 Å². The van der Waals surface area contributed by atoms with Crippen molar-refractivity contribution in [2.45, 2.75) is 25.0 Å². The highest BCUT2D eigenvalue weighted by atomic mass is 19.1.